The number of carbonyl (C=O) groups is 1. The zero-order valence-electron chi connectivity index (χ0n) is 12.4. The van der Waals surface area contributed by atoms with Crippen LogP contribution in [0.4, 0.5) is 15.0 Å². The van der Waals surface area contributed by atoms with Crippen LogP contribution >= 0.6 is 11.6 Å². The zero-order chi connectivity index (χ0) is 16.7. The molecule has 0 saturated heterocycles. The van der Waals surface area contributed by atoms with E-state index in [0.717, 1.165) is 18.9 Å². The second-order valence-electron chi connectivity index (χ2n) is 4.90. The molecular formula is C14H18ClFN4O2. The van der Waals surface area contributed by atoms with Crippen molar-refractivity contribution in [1.29, 1.82) is 5.26 Å². The highest BCUT2D eigenvalue weighted by atomic mass is 35.5. The van der Waals surface area contributed by atoms with Gasteiger partial charge in [0.25, 0.3) is 0 Å². The monoisotopic (exact) mass is 328 g/mol. The largest absolute Gasteiger partial charge is 0.465 e. The topological polar surface area (TPSA) is 98.0 Å². The molecule has 1 aromatic rings. The molecule has 6 nitrogen and oxygen atoms in total. The van der Waals surface area contributed by atoms with Gasteiger partial charge in [-0.05, 0) is 19.4 Å². The Balaban J connectivity index is 2.96. The molecule has 1 amide bonds. The van der Waals surface area contributed by atoms with E-state index in [4.69, 9.17) is 22.0 Å². The van der Waals surface area contributed by atoms with Gasteiger partial charge >= 0.3 is 6.09 Å². The predicted octanol–water partition coefficient (Wildman–Crippen LogP) is 3.37. The number of anilines is 1. The number of nitrogens with one attached hydrogen (secondary N) is 2. The summed E-state index contributed by atoms with van der Waals surface area (Å²) in [5.74, 6) is -0.797. The predicted molar refractivity (Wildman–Crippen MR) is 81.5 cm³/mol. The van der Waals surface area contributed by atoms with Crippen molar-refractivity contribution in [2.24, 2.45) is 0 Å². The minimum absolute atomic E-state index is 0.0495. The van der Waals surface area contributed by atoms with Gasteiger partial charge in [0.2, 0.25) is 0 Å². The Morgan fingerprint density at radius 1 is 1.64 bits per heavy atom. The van der Waals surface area contributed by atoms with Gasteiger partial charge in [-0.25, -0.2) is 14.2 Å². The number of aromatic nitrogens is 1. The van der Waals surface area contributed by atoms with E-state index in [-0.39, 0.29) is 22.6 Å². The van der Waals surface area contributed by atoms with Crippen molar-refractivity contribution in [2.75, 3.05) is 5.32 Å². The van der Waals surface area contributed by atoms with Crippen LogP contribution in [0.25, 0.3) is 0 Å². The number of nitrogens with zero attached hydrogens (tertiary/aromatic N) is 2. The number of unbranched alkanes of at least 4 members (excludes halogenated alkanes) is 1. The van der Waals surface area contributed by atoms with Crippen molar-refractivity contribution in [3.63, 3.8) is 0 Å². The van der Waals surface area contributed by atoms with Crippen molar-refractivity contribution in [1.82, 2.24) is 10.3 Å². The van der Waals surface area contributed by atoms with E-state index >= 15 is 0 Å². The Hall–Kier alpha value is -2.07. The Morgan fingerprint density at radius 2 is 2.32 bits per heavy atom. The molecule has 0 saturated carbocycles. The zero-order valence-corrected chi connectivity index (χ0v) is 13.1. The number of nitriles is 1. The molecule has 0 unspecified atom stereocenters. The second-order valence-corrected chi connectivity index (χ2v) is 5.26. The Labute approximate surface area is 133 Å². The molecular weight excluding hydrogens is 311 g/mol. The summed E-state index contributed by atoms with van der Waals surface area (Å²) < 4.78 is 14.0. The van der Waals surface area contributed by atoms with E-state index in [9.17, 15) is 9.18 Å². The van der Waals surface area contributed by atoms with Crippen LogP contribution in [0.15, 0.2) is 6.07 Å². The van der Waals surface area contributed by atoms with Crippen LogP contribution in [0.5, 0.6) is 0 Å². The summed E-state index contributed by atoms with van der Waals surface area (Å²) >= 11 is 5.80. The van der Waals surface area contributed by atoms with E-state index in [1.165, 1.54) is 0 Å². The lowest BCUT2D eigenvalue weighted by atomic mass is 10.0. The summed E-state index contributed by atoms with van der Waals surface area (Å²) in [6.07, 6.45) is 1.25. The molecule has 22 heavy (non-hydrogen) atoms. The van der Waals surface area contributed by atoms with E-state index in [2.05, 4.69) is 15.6 Å². The molecule has 1 heterocycles. The maximum atomic E-state index is 14.0. The van der Waals surface area contributed by atoms with E-state index in [0.29, 0.717) is 6.42 Å². The average molecular weight is 329 g/mol. The fourth-order valence-corrected chi connectivity index (χ4v) is 2.17. The van der Waals surface area contributed by atoms with Crippen LogP contribution in [0.1, 0.15) is 38.7 Å². The molecule has 0 aromatic carbocycles. The lowest BCUT2D eigenvalue weighted by Crippen LogP contribution is -2.44. The number of halogens is 2. The molecule has 0 aliphatic rings. The van der Waals surface area contributed by atoms with Crippen LogP contribution in [-0.2, 0) is 0 Å². The van der Waals surface area contributed by atoms with Crippen molar-refractivity contribution in [3.8, 4) is 6.07 Å². The number of hydrogen-bond acceptors (Lipinski definition) is 4. The molecule has 2 atom stereocenters. The summed E-state index contributed by atoms with van der Waals surface area (Å²) in [5.41, 5.74) is -0.0495. The lowest BCUT2D eigenvalue weighted by Gasteiger charge is -2.25. The fraction of sp³-hybridized carbons (Fsp3) is 0.500. The van der Waals surface area contributed by atoms with Crippen LogP contribution < -0.4 is 10.6 Å². The van der Waals surface area contributed by atoms with Crippen molar-refractivity contribution in [3.05, 3.63) is 22.6 Å². The van der Waals surface area contributed by atoms with Crippen LogP contribution in [-0.4, -0.2) is 28.3 Å². The molecule has 0 radical (unpaired) electrons. The molecule has 0 aliphatic heterocycles. The number of hydrogen-bond donors (Lipinski definition) is 3. The molecule has 3 N–H and O–H groups in total. The Kier molecular flexibility index (Phi) is 6.86. The van der Waals surface area contributed by atoms with Gasteiger partial charge in [0.05, 0.1) is 5.56 Å². The van der Waals surface area contributed by atoms with Crippen molar-refractivity contribution >= 4 is 23.5 Å². The average Bonchev–Trinajstić information content (AvgIpc) is 2.45. The molecule has 1 aromatic heterocycles. The first-order chi connectivity index (χ1) is 10.4. The van der Waals surface area contributed by atoms with Crippen LogP contribution in [0.3, 0.4) is 0 Å². The molecule has 0 fully saturated rings. The summed E-state index contributed by atoms with van der Waals surface area (Å²) in [6, 6.07) is 1.96. The number of pyridine rings is 1. The standard InChI is InChI=1S/C14H18ClFN4O2/c1-3-4-5-11(8(2)18-14(21)22)19-13-10(16)6-9(7-17)12(15)20-13/h6,8,11,18H,3-5H2,1-2H3,(H,19,20)(H,21,22)/t8-,11+/m0/s1. The Morgan fingerprint density at radius 3 is 2.86 bits per heavy atom. The van der Waals surface area contributed by atoms with Crippen molar-refractivity contribution in [2.45, 2.75) is 45.2 Å². The highest BCUT2D eigenvalue weighted by Crippen LogP contribution is 2.21. The normalized spacial score (nSPS) is 13.0. The quantitative estimate of drug-likeness (QED) is 0.666. The second kappa shape index (κ2) is 8.39. The third kappa shape index (κ3) is 5.04. The first-order valence-electron chi connectivity index (χ1n) is 6.91. The number of carboxylic acid groups (broad SMARTS) is 1. The van der Waals surface area contributed by atoms with Gasteiger partial charge in [0, 0.05) is 12.1 Å². The maximum Gasteiger partial charge on any atom is 0.404 e. The molecule has 8 heteroatoms. The molecule has 0 spiro atoms. The molecule has 120 valence electrons. The summed E-state index contributed by atoms with van der Waals surface area (Å²) in [4.78, 5) is 14.6. The van der Waals surface area contributed by atoms with Crippen LogP contribution in [0, 0.1) is 17.1 Å². The van der Waals surface area contributed by atoms with Gasteiger partial charge in [-0.1, -0.05) is 31.4 Å². The fourth-order valence-electron chi connectivity index (χ4n) is 1.99. The molecule has 1 rings (SSSR count). The van der Waals surface area contributed by atoms with E-state index in [1.807, 2.05) is 6.92 Å². The van der Waals surface area contributed by atoms with Gasteiger partial charge in [0.1, 0.15) is 11.2 Å². The highest BCUT2D eigenvalue weighted by molar-refractivity contribution is 6.30. The highest BCUT2D eigenvalue weighted by Gasteiger charge is 2.21. The van der Waals surface area contributed by atoms with Gasteiger partial charge < -0.3 is 15.7 Å². The SMILES string of the molecule is CCCC[C@@H](Nc1nc(Cl)c(C#N)cc1F)[C@H](C)NC(=O)O. The van der Waals surface area contributed by atoms with E-state index in [1.54, 1.807) is 13.0 Å². The number of amides is 1. The summed E-state index contributed by atoms with van der Waals surface area (Å²) in [5, 5.41) is 22.7. The first-order valence-corrected chi connectivity index (χ1v) is 7.29. The van der Waals surface area contributed by atoms with Gasteiger partial charge in [-0.3, -0.25) is 0 Å². The molecule has 0 bridgehead atoms. The number of rotatable bonds is 7. The third-order valence-electron chi connectivity index (χ3n) is 3.20. The Bertz CT molecular complexity index is 577. The lowest BCUT2D eigenvalue weighted by molar-refractivity contribution is 0.189. The van der Waals surface area contributed by atoms with Gasteiger partial charge in [-0.15, -0.1) is 0 Å². The smallest absolute Gasteiger partial charge is 0.404 e. The minimum Gasteiger partial charge on any atom is -0.465 e. The summed E-state index contributed by atoms with van der Waals surface area (Å²) in [6.45, 7) is 3.69. The maximum absolute atomic E-state index is 14.0. The van der Waals surface area contributed by atoms with Gasteiger partial charge in [-0.2, -0.15) is 5.26 Å². The van der Waals surface area contributed by atoms with Crippen molar-refractivity contribution < 1.29 is 14.3 Å². The first kappa shape index (κ1) is 18.0. The van der Waals surface area contributed by atoms with E-state index < -0.39 is 18.0 Å². The summed E-state index contributed by atoms with van der Waals surface area (Å²) in [7, 11) is 0. The minimum atomic E-state index is -1.15. The third-order valence-corrected chi connectivity index (χ3v) is 3.48. The van der Waals surface area contributed by atoms with Gasteiger partial charge in [0.15, 0.2) is 11.6 Å². The molecule has 0 aliphatic carbocycles. The van der Waals surface area contributed by atoms with Crippen LogP contribution in [0.2, 0.25) is 5.15 Å².